The van der Waals surface area contributed by atoms with E-state index >= 15 is 0 Å². The molecule has 23 heavy (non-hydrogen) atoms. The fraction of sp³-hybridized carbons (Fsp3) is 0.529. The Labute approximate surface area is 137 Å². The largest absolute Gasteiger partial charge is 0.445 e. The third-order valence-corrected chi connectivity index (χ3v) is 4.14. The average molecular weight is 319 g/mol. The van der Waals surface area contributed by atoms with Gasteiger partial charge in [-0.25, -0.2) is 4.79 Å². The molecule has 126 valence electrons. The molecule has 1 fully saturated rings. The van der Waals surface area contributed by atoms with Crippen molar-refractivity contribution in [3.8, 4) is 0 Å². The Morgan fingerprint density at radius 1 is 1.39 bits per heavy atom. The fourth-order valence-corrected chi connectivity index (χ4v) is 2.73. The molecule has 0 radical (unpaired) electrons. The molecule has 0 saturated carbocycles. The summed E-state index contributed by atoms with van der Waals surface area (Å²) in [4.78, 5) is 27.5. The predicted molar refractivity (Wildman–Crippen MR) is 87.6 cm³/mol. The Morgan fingerprint density at radius 3 is 2.74 bits per heavy atom. The van der Waals surface area contributed by atoms with E-state index in [2.05, 4.69) is 0 Å². The van der Waals surface area contributed by atoms with Crippen molar-refractivity contribution >= 4 is 12.0 Å². The summed E-state index contributed by atoms with van der Waals surface area (Å²) < 4.78 is 5.35. The molecule has 2 N–H and O–H groups in total. The molecule has 1 aliphatic heterocycles. The van der Waals surface area contributed by atoms with E-state index in [1.807, 2.05) is 30.3 Å². The highest BCUT2D eigenvalue weighted by molar-refractivity contribution is 5.81. The summed E-state index contributed by atoms with van der Waals surface area (Å²) in [6.45, 7) is 3.14. The molecule has 0 aromatic heterocycles. The first kappa shape index (κ1) is 17.3. The molecule has 1 aromatic rings. The minimum Gasteiger partial charge on any atom is -0.445 e. The Morgan fingerprint density at radius 2 is 2.09 bits per heavy atom. The second kappa shape index (κ2) is 7.97. The van der Waals surface area contributed by atoms with Crippen LogP contribution in [0.5, 0.6) is 0 Å². The number of carbonyl (C=O) groups is 2. The Balaban J connectivity index is 1.87. The number of carbonyl (C=O) groups excluding carboxylic acids is 2. The quantitative estimate of drug-likeness (QED) is 0.914. The van der Waals surface area contributed by atoms with Gasteiger partial charge < -0.3 is 20.3 Å². The molecule has 6 nitrogen and oxygen atoms in total. The van der Waals surface area contributed by atoms with Gasteiger partial charge in [-0.1, -0.05) is 30.3 Å². The number of piperidine rings is 1. The molecule has 1 aromatic carbocycles. The van der Waals surface area contributed by atoms with Crippen LogP contribution in [0, 0.1) is 0 Å². The van der Waals surface area contributed by atoms with E-state index in [1.54, 1.807) is 23.8 Å². The minimum absolute atomic E-state index is 0.0327. The van der Waals surface area contributed by atoms with Crippen LogP contribution in [0.4, 0.5) is 4.79 Å². The van der Waals surface area contributed by atoms with Gasteiger partial charge in [-0.2, -0.15) is 0 Å². The third-order valence-electron chi connectivity index (χ3n) is 4.14. The number of rotatable bonds is 4. The Kier molecular flexibility index (Phi) is 5.98. The molecular formula is C17H25N3O3. The van der Waals surface area contributed by atoms with Crippen molar-refractivity contribution in [2.45, 2.75) is 38.5 Å². The van der Waals surface area contributed by atoms with Crippen LogP contribution in [-0.2, 0) is 16.1 Å². The van der Waals surface area contributed by atoms with Crippen LogP contribution in [0.1, 0.15) is 25.3 Å². The highest BCUT2D eigenvalue weighted by Gasteiger charge is 2.30. The zero-order valence-corrected chi connectivity index (χ0v) is 13.8. The molecular weight excluding hydrogens is 294 g/mol. The number of ether oxygens (including phenoxy) is 1. The number of nitrogens with two attached hydrogens (primary N) is 1. The van der Waals surface area contributed by atoms with Crippen LogP contribution in [0.25, 0.3) is 0 Å². The van der Waals surface area contributed by atoms with Gasteiger partial charge in [-0.3, -0.25) is 4.79 Å². The molecule has 6 heteroatoms. The van der Waals surface area contributed by atoms with Crippen molar-refractivity contribution in [1.82, 2.24) is 9.80 Å². The molecule has 2 amide bonds. The zero-order valence-electron chi connectivity index (χ0n) is 13.8. The summed E-state index contributed by atoms with van der Waals surface area (Å²) in [5, 5.41) is 0. The lowest BCUT2D eigenvalue weighted by Crippen LogP contribution is -2.53. The number of benzene rings is 1. The van der Waals surface area contributed by atoms with Crippen molar-refractivity contribution in [3.63, 3.8) is 0 Å². The lowest BCUT2D eigenvalue weighted by Gasteiger charge is -2.37. The van der Waals surface area contributed by atoms with E-state index in [1.165, 1.54) is 0 Å². The van der Waals surface area contributed by atoms with Crippen LogP contribution in [0.3, 0.4) is 0 Å². The van der Waals surface area contributed by atoms with Crippen molar-refractivity contribution in [1.29, 1.82) is 0 Å². The maximum atomic E-state index is 12.2. The normalized spacial score (nSPS) is 19.1. The highest BCUT2D eigenvalue weighted by atomic mass is 16.6. The second-order valence-electron chi connectivity index (χ2n) is 6.02. The van der Waals surface area contributed by atoms with Crippen LogP contribution in [0.2, 0.25) is 0 Å². The van der Waals surface area contributed by atoms with E-state index in [-0.39, 0.29) is 24.6 Å². The van der Waals surface area contributed by atoms with Gasteiger partial charge in [0.15, 0.2) is 0 Å². The van der Waals surface area contributed by atoms with E-state index in [9.17, 15) is 9.59 Å². The number of amides is 2. The van der Waals surface area contributed by atoms with Gasteiger partial charge in [-0.05, 0) is 25.3 Å². The number of hydrogen-bond acceptors (Lipinski definition) is 4. The first-order valence-corrected chi connectivity index (χ1v) is 7.97. The van der Waals surface area contributed by atoms with Crippen molar-refractivity contribution in [3.05, 3.63) is 35.9 Å². The molecule has 0 bridgehead atoms. The van der Waals surface area contributed by atoms with Gasteiger partial charge in [0, 0.05) is 20.1 Å². The summed E-state index contributed by atoms with van der Waals surface area (Å²) in [5.74, 6) is -0.0687. The summed E-state index contributed by atoms with van der Waals surface area (Å²) in [5.41, 5.74) is 6.61. The molecule has 0 aliphatic carbocycles. The van der Waals surface area contributed by atoms with Crippen LogP contribution >= 0.6 is 0 Å². The van der Waals surface area contributed by atoms with Gasteiger partial charge in [0.1, 0.15) is 6.61 Å². The number of likely N-dealkylation sites (N-methyl/N-ethyl adjacent to an activating group) is 1. The SMILES string of the molecule is C[C@H](N)C(=O)N1CCC[C@H](N(C)C(=O)OCc2ccccc2)C1. The maximum Gasteiger partial charge on any atom is 0.410 e. The Hall–Kier alpha value is -2.08. The highest BCUT2D eigenvalue weighted by Crippen LogP contribution is 2.16. The lowest BCUT2D eigenvalue weighted by molar-refractivity contribution is -0.134. The van der Waals surface area contributed by atoms with Gasteiger partial charge >= 0.3 is 6.09 Å². The number of nitrogens with zero attached hydrogens (tertiary/aromatic N) is 2. The number of hydrogen-bond donors (Lipinski definition) is 1. The first-order chi connectivity index (χ1) is 11.0. The Bertz CT molecular complexity index is 533. The maximum absolute atomic E-state index is 12.2. The van der Waals surface area contributed by atoms with Crippen LogP contribution in [0.15, 0.2) is 30.3 Å². The zero-order chi connectivity index (χ0) is 16.8. The van der Waals surface area contributed by atoms with E-state index in [0.29, 0.717) is 13.1 Å². The lowest BCUT2D eigenvalue weighted by atomic mass is 10.0. The molecule has 2 atom stereocenters. The van der Waals surface area contributed by atoms with E-state index in [0.717, 1.165) is 18.4 Å². The van der Waals surface area contributed by atoms with Crippen LogP contribution < -0.4 is 5.73 Å². The second-order valence-corrected chi connectivity index (χ2v) is 6.02. The van der Waals surface area contributed by atoms with E-state index < -0.39 is 6.04 Å². The van der Waals surface area contributed by atoms with E-state index in [4.69, 9.17) is 10.5 Å². The van der Waals surface area contributed by atoms with Crippen molar-refractivity contribution < 1.29 is 14.3 Å². The topological polar surface area (TPSA) is 75.9 Å². The average Bonchev–Trinajstić information content (AvgIpc) is 2.59. The summed E-state index contributed by atoms with van der Waals surface area (Å²) >= 11 is 0. The van der Waals surface area contributed by atoms with Crippen LogP contribution in [-0.4, -0.2) is 54.0 Å². The smallest absolute Gasteiger partial charge is 0.410 e. The first-order valence-electron chi connectivity index (χ1n) is 7.97. The molecule has 0 unspecified atom stereocenters. The fourth-order valence-electron chi connectivity index (χ4n) is 2.73. The van der Waals surface area contributed by atoms with Gasteiger partial charge in [-0.15, -0.1) is 0 Å². The summed E-state index contributed by atoms with van der Waals surface area (Å²) in [6.07, 6.45) is 1.35. The third kappa shape index (κ3) is 4.69. The molecule has 1 aliphatic rings. The summed E-state index contributed by atoms with van der Waals surface area (Å²) in [7, 11) is 1.72. The minimum atomic E-state index is -0.510. The monoisotopic (exact) mass is 319 g/mol. The van der Waals surface area contributed by atoms with Gasteiger partial charge in [0.2, 0.25) is 5.91 Å². The number of likely N-dealkylation sites (tertiary alicyclic amines) is 1. The predicted octanol–water partition coefficient (Wildman–Crippen LogP) is 1.59. The summed E-state index contributed by atoms with van der Waals surface area (Å²) in [6, 6.07) is 9.02. The van der Waals surface area contributed by atoms with Gasteiger partial charge in [0.25, 0.3) is 0 Å². The molecule has 1 saturated heterocycles. The molecule has 1 heterocycles. The molecule has 0 spiro atoms. The molecule has 2 rings (SSSR count). The standard InChI is InChI=1S/C17H25N3O3/c1-13(18)16(21)20-10-6-9-15(11-20)19(2)17(22)23-12-14-7-4-3-5-8-14/h3-5,7-8,13,15H,6,9-12,18H2,1-2H3/t13-,15-/m0/s1. The van der Waals surface area contributed by atoms with Gasteiger partial charge in [0.05, 0.1) is 12.1 Å². The van der Waals surface area contributed by atoms with Crippen molar-refractivity contribution in [2.24, 2.45) is 5.73 Å². The van der Waals surface area contributed by atoms with Crippen molar-refractivity contribution in [2.75, 3.05) is 20.1 Å².